The number of fused-ring (bicyclic) bond motifs is 6. The highest BCUT2D eigenvalue weighted by molar-refractivity contribution is 9.10. The van der Waals surface area contributed by atoms with Gasteiger partial charge in [0.2, 0.25) is 23.5 Å². The molecule has 0 atom stereocenters. The zero-order valence-electron chi connectivity index (χ0n) is 30.2. The van der Waals surface area contributed by atoms with Gasteiger partial charge in [0.15, 0.2) is 0 Å². The number of halogens is 1. The predicted octanol–water partition coefficient (Wildman–Crippen LogP) is 8.06. The highest BCUT2D eigenvalue weighted by Crippen LogP contribution is 2.27. The second-order valence-corrected chi connectivity index (χ2v) is 14.7. The van der Waals surface area contributed by atoms with Gasteiger partial charge in [-0.05, 0) is 66.6 Å². The van der Waals surface area contributed by atoms with E-state index in [1.807, 2.05) is 118 Å². The molecule has 0 unspecified atom stereocenters. The molecule has 54 heavy (non-hydrogen) atoms. The highest BCUT2D eigenvalue weighted by atomic mass is 79.9. The molecule has 15 heteroatoms. The lowest BCUT2D eigenvalue weighted by molar-refractivity contribution is 0.783. The third kappa shape index (κ3) is 6.98. The summed E-state index contributed by atoms with van der Waals surface area (Å²) in [5.74, 6) is 2.93. The van der Waals surface area contributed by atoms with Gasteiger partial charge in [-0.15, -0.1) is 20.4 Å². The first-order chi connectivity index (χ1) is 26.0. The molecule has 0 aliphatic carbocycles. The van der Waals surface area contributed by atoms with Crippen molar-refractivity contribution in [3.8, 4) is 6.07 Å². The number of rotatable bonds is 7. The Morgan fingerprint density at radius 2 is 1.39 bits per heavy atom. The number of hydrogen-bond acceptors (Lipinski definition) is 10. The molecule has 12 nitrogen and oxygen atoms in total. The molecule has 0 saturated carbocycles. The SMILES string of the molecule is CN(C)c1nnc2n(Cc3ccc(C#N)cc3)c(=S)c3cc(Br)ccc3n12.Cc1ccc2c(c1)c(=S)n(CC=Cc1cccnc1)c1nnc(N(C)C)n21. The number of anilines is 2. The fraction of sp³-hybridized carbons (Fsp3) is 0.179. The van der Waals surface area contributed by atoms with Crippen molar-refractivity contribution in [2.24, 2.45) is 0 Å². The van der Waals surface area contributed by atoms with Crippen LogP contribution in [0.4, 0.5) is 11.9 Å². The standard InChI is InChI=1S/C20H20N6S.C19H15BrN6S/c1-14-8-9-17-16(12-14)18(27)25(11-5-7-15-6-4-10-21-13-15)20-23-22-19(24(2)3)26(17)20;1-24(2)18-22-23-19-25(11-13-5-3-12(10-21)4-6-13)17(27)15-9-14(20)7-8-16(15)26(18)19/h4-10,12-13H,11H2,1-3H3;3-9H,11H2,1-2H3. The van der Waals surface area contributed by atoms with E-state index in [0.717, 1.165) is 59.7 Å². The Balaban J connectivity index is 0.000000167. The molecule has 5 aromatic heterocycles. The van der Waals surface area contributed by atoms with Crippen molar-refractivity contribution in [3.63, 3.8) is 0 Å². The van der Waals surface area contributed by atoms with Crippen LogP contribution in [0.5, 0.6) is 0 Å². The molecule has 5 heterocycles. The van der Waals surface area contributed by atoms with E-state index in [4.69, 9.17) is 29.7 Å². The maximum Gasteiger partial charge on any atom is 0.238 e. The minimum atomic E-state index is 0.544. The van der Waals surface area contributed by atoms with E-state index >= 15 is 0 Å². The maximum absolute atomic E-state index is 9.00. The third-order valence-corrected chi connectivity index (χ3v) is 10.2. The van der Waals surface area contributed by atoms with Crippen LogP contribution in [0.25, 0.3) is 39.4 Å². The molecule has 0 aliphatic rings. The molecular weight excluding hydrogens is 781 g/mol. The lowest BCUT2D eigenvalue weighted by Gasteiger charge is -2.15. The van der Waals surface area contributed by atoms with Gasteiger partial charge < -0.3 is 9.80 Å². The summed E-state index contributed by atoms with van der Waals surface area (Å²) in [7, 11) is 7.80. The number of nitrogens with zero attached hydrogens (tertiary/aromatic N) is 12. The van der Waals surface area contributed by atoms with Crippen LogP contribution in [0.3, 0.4) is 0 Å². The number of nitriles is 1. The van der Waals surface area contributed by atoms with Gasteiger partial charge in [-0.3, -0.25) is 14.1 Å². The normalized spacial score (nSPS) is 11.4. The number of hydrogen-bond donors (Lipinski definition) is 0. The average Bonchev–Trinajstić information content (AvgIpc) is 3.82. The van der Waals surface area contributed by atoms with Gasteiger partial charge in [0.05, 0.1) is 29.2 Å². The molecule has 8 aromatic rings. The molecule has 0 saturated heterocycles. The van der Waals surface area contributed by atoms with Gasteiger partial charge >= 0.3 is 0 Å². The van der Waals surface area contributed by atoms with Crippen molar-refractivity contribution in [3.05, 3.63) is 127 Å². The number of pyridine rings is 1. The van der Waals surface area contributed by atoms with Crippen molar-refractivity contribution in [2.75, 3.05) is 38.0 Å². The van der Waals surface area contributed by atoms with Gasteiger partial charge in [-0.2, -0.15) is 5.26 Å². The molecule has 270 valence electrons. The van der Waals surface area contributed by atoms with E-state index in [-0.39, 0.29) is 0 Å². The van der Waals surface area contributed by atoms with Crippen molar-refractivity contribution in [1.82, 2.24) is 43.3 Å². The average molecular weight is 816 g/mol. The van der Waals surface area contributed by atoms with Crippen LogP contribution in [-0.4, -0.2) is 71.5 Å². The summed E-state index contributed by atoms with van der Waals surface area (Å²) in [6.07, 6.45) is 7.70. The van der Waals surface area contributed by atoms with Crippen molar-refractivity contribution < 1.29 is 0 Å². The van der Waals surface area contributed by atoms with E-state index in [1.165, 1.54) is 5.56 Å². The van der Waals surface area contributed by atoms with Crippen LogP contribution in [0.1, 0.15) is 22.3 Å². The zero-order valence-corrected chi connectivity index (χ0v) is 33.4. The Bertz CT molecular complexity index is 2860. The highest BCUT2D eigenvalue weighted by Gasteiger charge is 2.18. The Morgan fingerprint density at radius 1 is 0.778 bits per heavy atom. The number of aryl methyl sites for hydroxylation is 1. The third-order valence-electron chi connectivity index (χ3n) is 8.79. The second kappa shape index (κ2) is 15.3. The summed E-state index contributed by atoms with van der Waals surface area (Å²) in [6, 6.07) is 25.9. The van der Waals surface area contributed by atoms with E-state index in [2.05, 4.69) is 83.0 Å². The van der Waals surface area contributed by atoms with E-state index in [1.54, 1.807) is 6.20 Å². The molecule has 3 aromatic carbocycles. The van der Waals surface area contributed by atoms with Gasteiger partial charge in [0, 0.05) is 62.4 Å². The molecule has 0 amide bonds. The van der Waals surface area contributed by atoms with Crippen LogP contribution in [-0.2, 0) is 13.1 Å². The first-order valence-electron chi connectivity index (χ1n) is 16.9. The topological polar surface area (TPSA) is 113 Å². The molecule has 0 aliphatic heterocycles. The molecule has 0 N–H and O–H groups in total. The number of benzene rings is 3. The Kier molecular flexibility index (Phi) is 10.3. The quantitative estimate of drug-likeness (QED) is 0.147. The molecule has 0 fully saturated rings. The van der Waals surface area contributed by atoms with Crippen LogP contribution < -0.4 is 9.80 Å². The number of allylic oxidation sites excluding steroid dienone is 1. The minimum absolute atomic E-state index is 0.544. The zero-order chi connectivity index (χ0) is 38.1. The molecular formula is C39H35BrN12S2. The molecule has 8 rings (SSSR count). The van der Waals surface area contributed by atoms with E-state index in [0.29, 0.717) is 29.1 Å². The largest absolute Gasteiger partial charge is 0.347 e. The lowest BCUT2D eigenvalue weighted by Crippen LogP contribution is -2.14. The minimum Gasteiger partial charge on any atom is -0.347 e. The Hall–Kier alpha value is -5.82. The summed E-state index contributed by atoms with van der Waals surface area (Å²) in [6.45, 7) is 3.22. The van der Waals surface area contributed by atoms with Crippen molar-refractivity contribution >= 4 is 91.7 Å². The first-order valence-corrected chi connectivity index (χ1v) is 18.5. The van der Waals surface area contributed by atoms with E-state index < -0.39 is 0 Å². The summed E-state index contributed by atoms with van der Waals surface area (Å²) >= 11 is 15.1. The lowest BCUT2D eigenvalue weighted by atomic mass is 10.1. The first kappa shape index (κ1) is 36.5. The van der Waals surface area contributed by atoms with Gasteiger partial charge in [-0.1, -0.05) is 82.3 Å². The van der Waals surface area contributed by atoms with E-state index in [9.17, 15) is 0 Å². The molecule has 0 bridgehead atoms. The fourth-order valence-corrected chi connectivity index (χ4v) is 7.19. The molecule has 0 radical (unpaired) electrons. The van der Waals surface area contributed by atoms with Gasteiger partial charge in [0.1, 0.15) is 9.28 Å². The summed E-state index contributed by atoms with van der Waals surface area (Å²) in [5.41, 5.74) is 5.87. The second-order valence-electron chi connectivity index (χ2n) is 13.0. The summed E-state index contributed by atoms with van der Waals surface area (Å²) < 4.78 is 10.5. The Labute approximate surface area is 330 Å². The molecule has 0 spiro atoms. The van der Waals surface area contributed by atoms with Crippen LogP contribution >= 0.6 is 40.4 Å². The Morgan fingerprint density at radius 3 is 2.00 bits per heavy atom. The number of aromatic nitrogens is 9. The monoisotopic (exact) mass is 814 g/mol. The predicted molar refractivity (Wildman–Crippen MR) is 223 cm³/mol. The maximum atomic E-state index is 9.00. The van der Waals surface area contributed by atoms with Gasteiger partial charge in [0.25, 0.3) is 0 Å². The summed E-state index contributed by atoms with van der Waals surface area (Å²) in [4.78, 5) is 8.02. The van der Waals surface area contributed by atoms with Crippen LogP contribution in [0.2, 0.25) is 0 Å². The van der Waals surface area contributed by atoms with Gasteiger partial charge in [-0.25, -0.2) is 8.80 Å². The van der Waals surface area contributed by atoms with Crippen molar-refractivity contribution in [2.45, 2.75) is 20.0 Å². The van der Waals surface area contributed by atoms with Crippen LogP contribution in [0.15, 0.2) is 95.7 Å². The summed E-state index contributed by atoms with van der Waals surface area (Å²) in [5, 5.41) is 28.5. The van der Waals surface area contributed by atoms with Crippen molar-refractivity contribution in [1.29, 1.82) is 5.26 Å². The smallest absolute Gasteiger partial charge is 0.238 e. The fourth-order valence-electron chi connectivity index (χ4n) is 6.20. The van der Waals surface area contributed by atoms with Crippen LogP contribution in [0, 0.1) is 27.5 Å².